The molecule has 1 aromatic rings. The standard InChI is InChI=1S/C22H30N4O3/c27-20(18-13-24-19(14-23-18)21(28)29)26-5-3-25(4-6-26)2-1-22-10-15-7-16(11-22)9-17(8-15)12-22/h13-17H,1-12H2,(H,28,29). The quantitative estimate of drug-likeness (QED) is 0.820. The number of aromatic nitrogens is 2. The van der Waals surface area contributed by atoms with Crippen LogP contribution >= 0.6 is 0 Å². The van der Waals surface area contributed by atoms with Crippen molar-refractivity contribution in [3.05, 3.63) is 23.8 Å². The lowest BCUT2D eigenvalue weighted by Crippen LogP contribution is -2.51. The molecule has 0 aromatic carbocycles. The van der Waals surface area contributed by atoms with Crippen LogP contribution in [0.3, 0.4) is 0 Å². The number of hydrogen-bond acceptors (Lipinski definition) is 5. The van der Waals surface area contributed by atoms with Gasteiger partial charge in [0.2, 0.25) is 0 Å². The van der Waals surface area contributed by atoms with Crippen LogP contribution in [0.5, 0.6) is 0 Å². The van der Waals surface area contributed by atoms with Crippen LogP contribution in [0.25, 0.3) is 0 Å². The van der Waals surface area contributed by atoms with Gasteiger partial charge < -0.3 is 10.0 Å². The summed E-state index contributed by atoms with van der Waals surface area (Å²) in [5, 5.41) is 8.90. The molecule has 2 heterocycles. The van der Waals surface area contributed by atoms with E-state index in [1.54, 1.807) is 0 Å². The van der Waals surface area contributed by atoms with E-state index in [4.69, 9.17) is 5.11 Å². The minimum absolute atomic E-state index is 0.143. The number of carboxylic acids is 1. The highest BCUT2D eigenvalue weighted by Crippen LogP contribution is 2.61. The Labute approximate surface area is 171 Å². The number of rotatable bonds is 5. The van der Waals surface area contributed by atoms with Gasteiger partial charge >= 0.3 is 5.97 Å². The van der Waals surface area contributed by atoms with E-state index in [-0.39, 0.29) is 17.3 Å². The molecule has 5 fully saturated rings. The average Bonchev–Trinajstić information content (AvgIpc) is 2.71. The van der Waals surface area contributed by atoms with E-state index in [1.807, 2.05) is 4.90 Å². The first-order valence-electron chi connectivity index (χ1n) is 11.1. The summed E-state index contributed by atoms with van der Waals surface area (Å²) in [5.74, 6) is 1.72. The third kappa shape index (κ3) is 3.77. The average molecular weight is 399 g/mol. The van der Waals surface area contributed by atoms with Crippen LogP contribution in [-0.4, -0.2) is 69.5 Å². The molecule has 1 amide bonds. The van der Waals surface area contributed by atoms with Gasteiger partial charge in [-0.15, -0.1) is 0 Å². The molecule has 4 aliphatic carbocycles. The minimum atomic E-state index is -1.14. The van der Waals surface area contributed by atoms with Crippen molar-refractivity contribution in [1.29, 1.82) is 0 Å². The van der Waals surface area contributed by atoms with Crippen molar-refractivity contribution in [2.24, 2.45) is 23.2 Å². The van der Waals surface area contributed by atoms with Gasteiger partial charge in [0.15, 0.2) is 5.69 Å². The number of amides is 1. The van der Waals surface area contributed by atoms with Crippen molar-refractivity contribution in [3.8, 4) is 0 Å². The zero-order valence-corrected chi connectivity index (χ0v) is 16.9. The van der Waals surface area contributed by atoms with E-state index in [0.29, 0.717) is 18.5 Å². The predicted octanol–water partition coefficient (Wildman–Crippen LogP) is 2.54. The molecule has 6 rings (SSSR count). The molecule has 0 unspecified atom stereocenters. The molecular formula is C22H30N4O3. The monoisotopic (exact) mass is 398 g/mol. The van der Waals surface area contributed by atoms with Gasteiger partial charge in [-0.2, -0.15) is 0 Å². The Bertz CT molecular complexity index is 750. The van der Waals surface area contributed by atoms with Gasteiger partial charge in [-0.1, -0.05) is 0 Å². The summed E-state index contributed by atoms with van der Waals surface area (Å²) in [6.45, 7) is 4.35. The molecule has 0 radical (unpaired) electrons. The molecule has 4 bridgehead atoms. The summed E-state index contributed by atoms with van der Waals surface area (Å²) < 4.78 is 0. The number of carbonyl (C=O) groups excluding carboxylic acids is 1. The Morgan fingerprint density at radius 2 is 1.48 bits per heavy atom. The van der Waals surface area contributed by atoms with Crippen molar-refractivity contribution in [1.82, 2.24) is 19.8 Å². The van der Waals surface area contributed by atoms with Gasteiger partial charge in [-0.3, -0.25) is 9.69 Å². The zero-order chi connectivity index (χ0) is 20.0. The number of aromatic carboxylic acids is 1. The maximum atomic E-state index is 12.6. The highest BCUT2D eigenvalue weighted by molar-refractivity contribution is 5.92. The van der Waals surface area contributed by atoms with Crippen LogP contribution in [0.2, 0.25) is 0 Å². The molecule has 5 aliphatic rings. The molecule has 156 valence electrons. The molecule has 0 spiro atoms. The smallest absolute Gasteiger partial charge is 0.356 e. The SMILES string of the molecule is O=C(O)c1cnc(C(=O)N2CCN(CCC34CC5CC(CC(C5)C3)C4)CC2)cn1. The van der Waals surface area contributed by atoms with Crippen molar-refractivity contribution >= 4 is 11.9 Å². The molecular weight excluding hydrogens is 368 g/mol. The first-order chi connectivity index (χ1) is 14.0. The lowest BCUT2D eigenvalue weighted by Gasteiger charge is -2.57. The number of hydrogen-bond donors (Lipinski definition) is 1. The van der Waals surface area contributed by atoms with Gasteiger partial charge in [0.05, 0.1) is 12.4 Å². The van der Waals surface area contributed by atoms with E-state index in [9.17, 15) is 9.59 Å². The number of carbonyl (C=O) groups is 2. The Morgan fingerprint density at radius 3 is 2.00 bits per heavy atom. The maximum Gasteiger partial charge on any atom is 0.356 e. The molecule has 1 aliphatic heterocycles. The second-order valence-electron chi connectivity index (χ2n) is 9.89. The summed E-state index contributed by atoms with van der Waals surface area (Å²) in [5.41, 5.74) is 0.691. The van der Waals surface area contributed by atoms with Crippen LogP contribution in [0, 0.1) is 23.2 Å². The fourth-order valence-electron chi connectivity index (χ4n) is 6.88. The summed E-state index contributed by atoms with van der Waals surface area (Å²) in [6, 6.07) is 0. The van der Waals surface area contributed by atoms with Crippen molar-refractivity contribution in [2.45, 2.75) is 44.9 Å². The zero-order valence-electron chi connectivity index (χ0n) is 16.9. The maximum absolute atomic E-state index is 12.6. The third-order valence-electron chi connectivity index (χ3n) is 7.87. The van der Waals surface area contributed by atoms with Crippen molar-refractivity contribution in [3.63, 3.8) is 0 Å². The molecule has 7 nitrogen and oxygen atoms in total. The van der Waals surface area contributed by atoms with Crippen LogP contribution < -0.4 is 0 Å². The third-order valence-corrected chi connectivity index (χ3v) is 7.87. The summed E-state index contributed by atoms with van der Waals surface area (Å²) in [7, 11) is 0. The summed E-state index contributed by atoms with van der Waals surface area (Å²) >= 11 is 0. The van der Waals surface area contributed by atoms with Gasteiger partial charge in [-0.25, -0.2) is 14.8 Å². The summed E-state index contributed by atoms with van der Waals surface area (Å²) in [6.07, 6.45) is 12.6. The number of nitrogens with zero attached hydrogens (tertiary/aromatic N) is 4. The highest BCUT2D eigenvalue weighted by atomic mass is 16.4. The second-order valence-corrected chi connectivity index (χ2v) is 9.89. The van der Waals surface area contributed by atoms with Crippen LogP contribution in [0.1, 0.15) is 65.9 Å². The topological polar surface area (TPSA) is 86.6 Å². The van der Waals surface area contributed by atoms with Crippen molar-refractivity contribution < 1.29 is 14.7 Å². The predicted molar refractivity (Wildman–Crippen MR) is 107 cm³/mol. The highest BCUT2D eigenvalue weighted by Gasteiger charge is 2.50. The minimum Gasteiger partial charge on any atom is -0.476 e. The van der Waals surface area contributed by atoms with Crippen LogP contribution in [0.4, 0.5) is 0 Å². The molecule has 4 saturated carbocycles. The Morgan fingerprint density at radius 1 is 0.931 bits per heavy atom. The lowest BCUT2D eigenvalue weighted by molar-refractivity contribution is -0.0620. The molecule has 1 aromatic heterocycles. The Kier molecular flexibility index (Phi) is 4.81. The first kappa shape index (κ1) is 19.0. The normalized spacial score (nSPS) is 33.8. The van der Waals surface area contributed by atoms with Crippen molar-refractivity contribution in [2.75, 3.05) is 32.7 Å². The Hall–Kier alpha value is -2.02. The van der Waals surface area contributed by atoms with E-state index in [2.05, 4.69) is 14.9 Å². The van der Waals surface area contributed by atoms with Crippen LogP contribution in [-0.2, 0) is 0 Å². The lowest BCUT2D eigenvalue weighted by atomic mass is 9.49. The number of carboxylic acid groups (broad SMARTS) is 1. The molecule has 1 N–H and O–H groups in total. The largest absolute Gasteiger partial charge is 0.476 e. The van der Waals surface area contributed by atoms with E-state index < -0.39 is 5.97 Å². The first-order valence-corrected chi connectivity index (χ1v) is 11.1. The fourth-order valence-corrected chi connectivity index (χ4v) is 6.88. The molecule has 29 heavy (non-hydrogen) atoms. The summed E-state index contributed by atoms with van der Waals surface area (Å²) in [4.78, 5) is 35.6. The van der Waals surface area contributed by atoms with E-state index in [1.165, 1.54) is 51.1 Å². The Balaban J connectivity index is 1.12. The van der Waals surface area contributed by atoms with Crippen LogP contribution in [0.15, 0.2) is 12.4 Å². The van der Waals surface area contributed by atoms with Gasteiger partial charge in [-0.05, 0) is 74.7 Å². The van der Waals surface area contributed by atoms with E-state index >= 15 is 0 Å². The number of piperazine rings is 1. The van der Waals surface area contributed by atoms with Gasteiger partial charge in [0.1, 0.15) is 5.69 Å². The van der Waals surface area contributed by atoms with Gasteiger partial charge in [0, 0.05) is 26.2 Å². The fraction of sp³-hybridized carbons (Fsp3) is 0.727. The van der Waals surface area contributed by atoms with Gasteiger partial charge in [0.25, 0.3) is 5.91 Å². The molecule has 0 atom stereocenters. The molecule has 1 saturated heterocycles. The second kappa shape index (κ2) is 7.35. The van der Waals surface area contributed by atoms with E-state index in [0.717, 1.165) is 43.6 Å². The molecule has 7 heteroatoms.